The van der Waals surface area contributed by atoms with E-state index in [2.05, 4.69) is 0 Å². The van der Waals surface area contributed by atoms with Gasteiger partial charge in [0.15, 0.2) is 11.5 Å². The van der Waals surface area contributed by atoms with Gasteiger partial charge in [0.25, 0.3) is 11.8 Å². The Bertz CT molecular complexity index is 892. The van der Waals surface area contributed by atoms with Gasteiger partial charge in [0, 0.05) is 36.8 Å². The number of benzene rings is 2. The van der Waals surface area contributed by atoms with Gasteiger partial charge in [0.2, 0.25) is 0 Å². The Hall–Kier alpha value is -2.73. The first-order chi connectivity index (χ1) is 13.5. The number of nitrogens with zero attached hydrogens (tertiary/aromatic N) is 2. The van der Waals surface area contributed by atoms with E-state index in [9.17, 15) is 9.59 Å². The van der Waals surface area contributed by atoms with Crippen LogP contribution in [0.1, 0.15) is 26.3 Å². The van der Waals surface area contributed by atoms with Crippen LogP contribution in [0.25, 0.3) is 0 Å². The van der Waals surface area contributed by atoms with E-state index in [0.717, 1.165) is 5.56 Å². The lowest BCUT2D eigenvalue weighted by Crippen LogP contribution is -2.50. The number of carbonyl (C=O) groups is 2. The fraction of sp³-hybridized carbons (Fsp3) is 0.333. The summed E-state index contributed by atoms with van der Waals surface area (Å²) in [7, 11) is 3.05. The number of aryl methyl sites for hydroxylation is 1. The summed E-state index contributed by atoms with van der Waals surface area (Å²) in [6.07, 6.45) is 0. The van der Waals surface area contributed by atoms with Gasteiger partial charge in [-0.3, -0.25) is 9.59 Å². The topological polar surface area (TPSA) is 59.1 Å². The lowest BCUT2D eigenvalue weighted by atomic mass is 10.1. The second-order valence-corrected chi connectivity index (χ2v) is 7.00. The van der Waals surface area contributed by atoms with Gasteiger partial charge in [-0.15, -0.1) is 0 Å². The van der Waals surface area contributed by atoms with Gasteiger partial charge in [-0.05, 0) is 36.8 Å². The summed E-state index contributed by atoms with van der Waals surface area (Å²) in [6, 6.07) is 10.5. The van der Waals surface area contributed by atoms with Crippen LogP contribution in [-0.2, 0) is 0 Å². The molecule has 1 aliphatic heterocycles. The van der Waals surface area contributed by atoms with E-state index in [1.165, 1.54) is 14.2 Å². The van der Waals surface area contributed by atoms with Crippen LogP contribution in [0.2, 0.25) is 5.02 Å². The van der Waals surface area contributed by atoms with Crippen molar-refractivity contribution in [3.8, 4) is 11.5 Å². The molecule has 148 valence electrons. The zero-order valence-corrected chi connectivity index (χ0v) is 17.0. The molecule has 1 heterocycles. The minimum absolute atomic E-state index is 0.0760. The molecule has 2 aromatic carbocycles. The monoisotopic (exact) mass is 402 g/mol. The van der Waals surface area contributed by atoms with E-state index >= 15 is 0 Å². The molecule has 0 bridgehead atoms. The minimum atomic E-state index is -0.138. The van der Waals surface area contributed by atoms with Crippen LogP contribution in [0.15, 0.2) is 36.4 Å². The van der Waals surface area contributed by atoms with Crippen molar-refractivity contribution in [1.82, 2.24) is 9.80 Å². The largest absolute Gasteiger partial charge is 0.493 e. The maximum Gasteiger partial charge on any atom is 0.257 e. The Morgan fingerprint density at radius 2 is 1.57 bits per heavy atom. The molecule has 3 rings (SSSR count). The second-order valence-electron chi connectivity index (χ2n) is 6.59. The summed E-state index contributed by atoms with van der Waals surface area (Å²) in [5.41, 5.74) is 1.94. The number of rotatable bonds is 4. The predicted molar refractivity (Wildman–Crippen MR) is 108 cm³/mol. The molecule has 0 aromatic heterocycles. The maximum absolute atomic E-state index is 12.9. The predicted octanol–water partition coefficient (Wildman–Crippen LogP) is 3.26. The Kier molecular flexibility index (Phi) is 6.09. The fourth-order valence-corrected chi connectivity index (χ4v) is 3.43. The van der Waals surface area contributed by atoms with Gasteiger partial charge < -0.3 is 19.3 Å². The summed E-state index contributed by atoms with van der Waals surface area (Å²) in [5, 5.41) is 0.574. The lowest BCUT2D eigenvalue weighted by molar-refractivity contribution is 0.0533. The van der Waals surface area contributed by atoms with Crippen molar-refractivity contribution in [2.24, 2.45) is 0 Å². The van der Waals surface area contributed by atoms with Crippen molar-refractivity contribution < 1.29 is 19.1 Å². The smallest absolute Gasteiger partial charge is 0.257 e. The quantitative estimate of drug-likeness (QED) is 0.787. The summed E-state index contributed by atoms with van der Waals surface area (Å²) >= 11 is 6.14. The summed E-state index contributed by atoms with van der Waals surface area (Å²) in [4.78, 5) is 29.1. The van der Waals surface area contributed by atoms with Gasteiger partial charge in [-0.2, -0.15) is 0 Å². The van der Waals surface area contributed by atoms with E-state index in [1.807, 2.05) is 13.0 Å². The molecular weight excluding hydrogens is 380 g/mol. The molecule has 0 saturated carbocycles. The molecule has 2 aromatic rings. The lowest BCUT2D eigenvalue weighted by Gasteiger charge is -2.35. The molecule has 0 spiro atoms. The number of hydrogen-bond acceptors (Lipinski definition) is 4. The second kappa shape index (κ2) is 8.52. The first-order valence-electron chi connectivity index (χ1n) is 9.02. The van der Waals surface area contributed by atoms with Crippen LogP contribution in [0, 0.1) is 6.92 Å². The van der Waals surface area contributed by atoms with Crippen molar-refractivity contribution >= 4 is 23.4 Å². The molecule has 1 fully saturated rings. The number of hydrogen-bond donors (Lipinski definition) is 0. The van der Waals surface area contributed by atoms with Crippen LogP contribution in [0.4, 0.5) is 0 Å². The SMILES string of the molecule is COc1cccc(C(=O)N2CCN(C(=O)c3ccc(C)c(Cl)c3)CC2)c1OC. The highest BCUT2D eigenvalue weighted by Crippen LogP contribution is 2.31. The van der Waals surface area contributed by atoms with E-state index < -0.39 is 0 Å². The van der Waals surface area contributed by atoms with Crippen LogP contribution >= 0.6 is 11.6 Å². The third kappa shape index (κ3) is 3.92. The summed E-state index contributed by atoms with van der Waals surface area (Å²) in [5.74, 6) is 0.718. The molecule has 0 atom stereocenters. The number of methoxy groups -OCH3 is 2. The maximum atomic E-state index is 12.9. The van der Waals surface area contributed by atoms with E-state index in [4.69, 9.17) is 21.1 Å². The molecule has 7 heteroatoms. The fourth-order valence-electron chi connectivity index (χ4n) is 3.25. The zero-order valence-electron chi connectivity index (χ0n) is 16.2. The number of carbonyl (C=O) groups excluding carboxylic acids is 2. The Morgan fingerprint density at radius 3 is 2.14 bits per heavy atom. The summed E-state index contributed by atoms with van der Waals surface area (Å²) in [6.45, 7) is 3.72. The molecule has 1 aliphatic rings. The van der Waals surface area contributed by atoms with Crippen molar-refractivity contribution in [3.05, 3.63) is 58.1 Å². The van der Waals surface area contributed by atoms with Gasteiger partial charge >= 0.3 is 0 Å². The third-order valence-electron chi connectivity index (χ3n) is 4.91. The average molecular weight is 403 g/mol. The number of piperazine rings is 1. The molecule has 0 unspecified atom stereocenters. The number of halogens is 1. The minimum Gasteiger partial charge on any atom is -0.493 e. The van der Waals surface area contributed by atoms with Gasteiger partial charge in [-0.25, -0.2) is 0 Å². The standard InChI is InChI=1S/C21H23ClN2O4/c1-14-7-8-15(13-17(14)22)20(25)23-9-11-24(12-10-23)21(26)16-5-4-6-18(27-2)19(16)28-3/h4-8,13H,9-12H2,1-3H3. The normalized spacial score (nSPS) is 14.0. The van der Waals surface area contributed by atoms with E-state index in [1.54, 1.807) is 40.1 Å². The highest BCUT2D eigenvalue weighted by molar-refractivity contribution is 6.31. The average Bonchev–Trinajstić information content (AvgIpc) is 2.74. The molecular formula is C21H23ClN2O4. The molecule has 6 nitrogen and oxygen atoms in total. The van der Waals surface area contributed by atoms with E-state index in [0.29, 0.717) is 53.8 Å². The molecule has 0 radical (unpaired) electrons. The molecule has 1 saturated heterocycles. The van der Waals surface area contributed by atoms with Gasteiger partial charge in [-0.1, -0.05) is 23.7 Å². The number of amides is 2. The van der Waals surface area contributed by atoms with Crippen LogP contribution in [-0.4, -0.2) is 62.0 Å². The van der Waals surface area contributed by atoms with Crippen LogP contribution in [0.5, 0.6) is 11.5 Å². The zero-order chi connectivity index (χ0) is 20.3. The summed E-state index contributed by atoms with van der Waals surface area (Å²) < 4.78 is 10.6. The van der Waals surface area contributed by atoms with Crippen molar-refractivity contribution in [2.45, 2.75) is 6.92 Å². The number of ether oxygens (including phenoxy) is 2. The highest BCUT2D eigenvalue weighted by atomic mass is 35.5. The van der Waals surface area contributed by atoms with E-state index in [-0.39, 0.29) is 11.8 Å². The van der Waals surface area contributed by atoms with Gasteiger partial charge in [0.1, 0.15) is 0 Å². The molecule has 0 aliphatic carbocycles. The Morgan fingerprint density at radius 1 is 0.929 bits per heavy atom. The highest BCUT2D eigenvalue weighted by Gasteiger charge is 2.28. The van der Waals surface area contributed by atoms with Crippen molar-refractivity contribution in [2.75, 3.05) is 40.4 Å². The third-order valence-corrected chi connectivity index (χ3v) is 5.31. The number of para-hydroxylation sites is 1. The van der Waals surface area contributed by atoms with Crippen LogP contribution < -0.4 is 9.47 Å². The Balaban J connectivity index is 1.69. The first kappa shape index (κ1) is 20.0. The Labute approximate surface area is 169 Å². The molecule has 2 amide bonds. The van der Waals surface area contributed by atoms with Crippen molar-refractivity contribution in [1.29, 1.82) is 0 Å². The molecule has 0 N–H and O–H groups in total. The van der Waals surface area contributed by atoms with Crippen molar-refractivity contribution in [3.63, 3.8) is 0 Å². The van der Waals surface area contributed by atoms with Gasteiger partial charge in [0.05, 0.1) is 19.8 Å². The van der Waals surface area contributed by atoms with Crippen LogP contribution in [0.3, 0.4) is 0 Å². The molecule has 28 heavy (non-hydrogen) atoms. The first-order valence-corrected chi connectivity index (χ1v) is 9.39.